The quantitative estimate of drug-likeness (QED) is 0.260. The second-order valence-electron chi connectivity index (χ2n) is 5.21. The van der Waals surface area contributed by atoms with Gasteiger partial charge in [0.1, 0.15) is 11.4 Å². The van der Waals surface area contributed by atoms with E-state index in [4.69, 9.17) is 4.98 Å². The molecule has 0 saturated heterocycles. The van der Waals surface area contributed by atoms with Crippen LogP contribution < -0.4 is 3.11 Å². The first-order valence-electron chi connectivity index (χ1n) is 6.88. The zero-order valence-corrected chi connectivity index (χ0v) is 20.2. The molecule has 118 valence electrons. The Morgan fingerprint density at radius 2 is 1.87 bits per heavy atom. The number of fused-ring (bicyclic) bond motifs is 2. The Labute approximate surface area is 188 Å². The van der Waals surface area contributed by atoms with Gasteiger partial charge in [0.05, 0.1) is 63.1 Å². The van der Waals surface area contributed by atoms with Crippen LogP contribution in [0.4, 0.5) is 5.82 Å². The lowest BCUT2D eigenvalue weighted by molar-refractivity contribution is 0.766. The number of anilines is 1. The maximum absolute atomic E-state index is 4.86. The SMILES string of the molecule is Ic1cc2c(-c3cnc4c(n3)CCCN4I)nn(I)c2cc1I. The van der Waals surface area contributed by atoms with E-state index >= 15 is 0 Å². The van der Waals surface area contributed by atoms with Gasteiger partial charge in [-0.2, -0.15) is 5.10 Å². The van der Waals surface area contributed by atoms with Gasteiger partial charge in [-0.3, -0.25) is 3.11 Å². The van der Waals surface area contributed by atoms with Gasteiger partial charge in [0.2, 0.25) is 0 Å². The fourth-order valence-electron chi connectivity index (χ4n) is 2.66. The largest absolute Gasteiger partial charge is 0.298 e. The average molecular weight is 755 g/mol. The minimum absolute atomic E-state index is 0.855. The molecule has 4 rings (SSSR count). The van der Waals surface area contributed by atoms with E-state index in [0.29, 0.717) is 0 Å². The second kappa shape index (κ2) is 6.66. The molecule has 0 spiro atoms. The summed E-state index contributed by atoms with van der Waals surface area (Å²) in [7, 11) is 0. The van der Waals surface area contributed by atoms with Crippen LogP contribution in [0, 0.1) is 7.14 Å². The molecule has 3 aromatic rings. The van der Waals surface area contributed by atoms with Gasteiger partial charge < -0.3 is 0 Å². The molecule has 5 nitrogen and oxygen atoms in total. The highest BCUT2D eigenvalue weighted by Crippen LogP contribution is 2.33. The van der Waals surface area contributed by atoms with Gasteiger partial charge in [-0.25, -0.2) is 12.9 Å². The Balaban J connectivity index is 1.91. The zero-order chi connectivity index (χ0) is 16.1. The number of hydrogen-bond donors (Lipinski definition) is 0. The van der Waals surface area contributed by atoms with Gasteiger partial charge in [0, 0.05) is 19.1 Å². The molecule has 0 unspecified atom stereocenters. The first kappa shape index (κ1) is 16.9. The van der Waals surface area contributed by atoms with E-state index in [1.165, 1.54) is 7.14 Å². The molecule has 3 heterocycles. The van der Waals surface area contributed by atoms with Gasteiger partial charge in [0.25, 0.3) is 0 Å². The predicted molar refractivity (Wildman–Crippen MR) is 125 cm³/mol. The minimum atomic E-state index is 0.855. The number of nitrogens with zero attached hydrogens (tertiary/aromatic N) is 5. The van der Waals surface area contributed by atoms with Crippen LogP contribution >= 0.6 is 90.9 Å². The monoisotopic (exact) mass is 755 g/mol. The van der Waals surface area contributed by atoms with Crippen LogP contribution in [0.3, 0.4) is 0 Å². The smallest absolute Gasteiger partial charge is 0.159 e. The second-order valence-corrected chi connectivity index (χ2v) is 9.61. The molecule has 9 heteroatoms. The molecule has 0 bridgehead atoms. The summed E-state index contributed by atoms with van der Waals surface area (Å²) < 4.78 is 6.50. The summed E-state index contributed by atoms with van der Waals surface area (Å²) in [5, 5.41) is 5.81. The van der Waals surface area contributed by atoms with E-state index in [1.807, 2.05) is 9.09 Å². The highest BCUT2D eigenvalue weighted by molar-refractivity contribution is 14.1. The number of halogens is 4. The van der Waals surface area contributed by atoms with Gasteiger partial charge in [0.15, 0.2) is 5.82 Å². The fraction of sp³-hybridized carbons (Fsp3) is 0.214. The summed E-state index contributed by atoms with van der Waals surface area (Å²) in [5.41, 5.74) is 3.94. The Bertz CT molecular complexity index is 923. The van der Waals surface area contributed by atoms with Crippen molar-refractivity contribution in [2.45, 2.75) is 12.8 Å². The van der Waals surface area contributed by atoms with Gasteiger partial charge in [-0.1, -0.05) is 0 Å². The number of aryl methyl sites for hydroxylation is 1. The van der Waals surface area contributed by atoms with Crippen LogP contribution in [0.15, 0.2) is 18.3 Å². The molecule has 0 atom stereocenters. The molecule has 0 aliphatic carbocycles. The lowest BCUT2D eigenvalue weighted by Crippen LogP contribution is -2.21. The predicted octanol–water partition coefficient (Wildman–Crippen LogP) is 5.00. The zero-order valence-electron chi connectivity index (χ0n) is 11.6. The van der Waals surface area contributed by atoms with E-state index in [0.717, 1.165) is 53.2 Å². The fourth-order valence-corrected chi connectivity index (χ4v) is 4.94. The first-order chi connectivity index (χ1) is 11.0. The first-order valence-corrected chi connectivity index (χ1v) is 11.0. The average Bonchev–Trinajstić information content (AvgIpc) is 2.84. The van der Waals surface area contributed by atoms with Crippen molar-refractivity contribution in [1.29, 1.82) is 0 Å². The summed E-state index contributed by atoms with van der Waals surface area (Å²) >= 11 is 9.25. The number of benzene rings is 1. The molecule has 2 aromatic heterocycles. The van der Waals surface area contributed by atoms with Crippen molar-refractivity contribution in [3.8, 4) is 11.4 Å². The summed E-state index contributed by atoms with van der Waals surface area (Å²) in [5.74, 6) is 0.989. The highest BCUT2D eigenvalue weighted by Gasteiger charge is 2.21. The molecular weight excluding hydrogens is 746 g/mol. The number of rotatable bonds is 1. The van der Waals surface area contributed by atoms with Crippen molar-refractivity contribution in [2.75, 3.05) is 9.66 Å². The minimum Gasteiger partial charge on any atom is -0.298 e. The third kappa shape index (κ3) is 3.07. The van der Waals surface area contributed by atoms with Gasteiger partial charge >= 0.3 is 0 Å². The van der Waals surface area contributed by atoms with Crippen LogP contribution in [-0.2, 0) is 6.42 Å². The Hall–Kier alpha value is 0.490. The van der Waals surface area contributed by atoms with Crippen LogP contribution in [-0.4, -0.2) is 24.5 Å². The lowest BCUT2D eigenvalue weighted by Gasteiger charge is -2.23. The topological polar surface area (TPSA) is 46.8 Å². The maximum atomic E-state index is 4.86. The van der Waals surface area contributed by atoms with Crippen molar-refractivity contribution in [3.63, 3.8) is 0 Å². The molecule has 0 fully saturated rings. The summed E-state index contributed by atoms with van der Waals surface area (Å²) in [6.07, 6.45) is 3.94. The van der Waals surface area contributed by atoms with Gasteiger partial charge in [-0.05, 0) is 70.2 Å². The number of aromatic nitrogens is 4. The number of hydrogen-bond acceptors (Lipinski definition) is 4. The standard InChI is InChI=1S/C14H9I4N5/c15-8-4-7-12(5-9(8)16)23(18)21-13(7)11-6-19-14-10(20-11)2-1-3-22(14)17/h4-6H,1-3H2. The normalized spacial score (nSPS) is 14.3. The molecule has 0 N–H and O–H groups in total. The van der Waals surface area contributed by atoms with E-state index in [9.17, 15) is 0 Å². The van der Waals surface area contributed by atoms with Crippen LogP contribution in [0.1, 0.15) is 12.1 Å². The molecular formula is C14H9I4N5. The Morgan fingerprint density at radius 1 is 1.09 bits per heavy atom. The molecule has 23 heavy (non-hydrogen) atoms. The highest BCUT2D eigenvalue weighted by atomic mass is 127. The van der Waals surface area contributed by atoms with Crippen molar-refractivity contribution in [2.24, 2.45) is 0 Å². The third-order valence-corrected chi connectivity index (χ3v) is 8.24. The van der Waals surface area contributed by atoms with Crippen molar-refractivity contribution >= 4 is 108 Å². The van der Waals surface area contributed by atoms with E-state index in [1.54, 1.807) is 0 Å². The van der Waals surface area contributed by atoms with E-state index < -0.39 is 0 Å². The molecule has 0 radical (unpaired) electrons. The van der Waals surface area contributed by atoms with Crippen LogP contribution in [0.25, 0.3) is 22.3 Å². The van der Waals surface area contributed by atoms with Crippen molar-refractivity contribution < 1.29 is 0 Å². The molecule has 0 saturated carbocycles. The summed E-state index contributed by atoms with van der Waals surface area (Å²) in [6.45, 7) is 1.03. The molecule has 1 aliphatic heterocycles. The van der Waals surface area contributed by atoms with E-state index in [2.05, 4.69) is 116 Å². The summed E-state index contributed by atoms with van der Waals surface area (Å²) in [4.78, 5) is 9.49. The summed E-state index contributed by atoms with van der Waals surface area (Å²) in [6, 6.07) is 4.35. The lowest BCUT2D eigenvalue weighted by atomic mass is 10.1. The van der Waals surface area contributed by atoms with E-state index in [-0.39, 0.29) is 0 Å². The van der Waals surface area contributed by atoms with Gasteiger partial charge in [-0.15, -0.1) is 0 Å². The Kier molecular flexibility index (Phi) is 4.90. The maximum Gasteiger partial charge on any atom is 0.159 e. The molecule has 1 aromatic carbocycles. The Morgan fingerprint density at radius 3 is 2.70 bits per heavy atom. The van der Waals surface area contributed by atoms with Crippen molar-refractivity contribution in [3.05, 3.63) is 31.2 Å². The van der Waals surface area contributed by atoms with Crippen LogP contribution in [0.5, 0.6) is 0 Å². The molecule has 1 aliphatic rings. The molecule has 0 amide bonds. The van der Waals surface area contributed by atoms with Crippen molar-refractivity contribution in [1.82, 2.24) is 18.0 Å². The third-order valence-electron chi connectivity index (χ3n) is 3.74. The van der Waals surface area contributed by atoms with Crippen LogP contribution in [0.2, 0.25) is 0 Å².